The van der Waals surface area contributed by atoms with Crippen molar-refractivity contribution in [1.29, 1.82) is 0 Å². The van der Waals surface area contributed by atoms with Gasteiger partial charge in [-0.2, -0.15) is 0 Å². The van der Waals surface area contributed by atoms with E-state index in [1.807, 2.05) is 13.8 Å². The number of nitrogens with one attached hydrogen (secondary N) is 1. The minimum absolute atomic E-state index is 0.0453. The topological polar surface area (TPSA) is 73.6 Å². The van der Waals surface area contributed by atoms with Crippen LogP contribution in [0.1, 0.15) is 26.7 Å². The Bertz CT molecular complexity index is 417. The van der Waals surface area contributed by atoms with Gasteiger partial charge in [0, 0.05) is 17.8 Å². The van der Waals surface area contributed by atoms with Gasteiger partial charge in [-0.3, -0.25) is 4.79 Å². The third-order valence-electron chi connectivity index (χ3n) is 2.90. The predicted octanol–water partition coefficient (Wildman–Crippen LogP) is 1.96. The number of rotatable bonds is 7. The average molecular weight is 266 g/mol. The summed E-state index contributed by atoms with van der Waals surface area (Å²) >= 11 is 0. The fraction of sp³-hybridized carbons (Fsp3) is 0.500. The van der Waals surface area contributed by atoms with Crippen molar-refractivity contribution in [2.75, 3.05) is 19.5 Å². The van der Waals surface area contributed by atoms with Crippen LogP contribution in [-0.2, 0) is 4.79 Å². The van der Waals surface area contributed by atoms with E-state index >= 15 is 0 Å². The van der Waals surface area contributed by atoms with Gasteiger partial charge >= 0.3 is 0 Å². The summed E-state index contributed by atoms with van der Waals surface area (Å²) in [5, 5.41) is 2.90. The van der Waals surface area contributed by atoms with E-state index in [0.29, 0.717) is 17.2 Å². The van der Waals surface area contributed by atoms with Crippen molar-refractivity contribution in [1.82, 2.24) is 5.32 Å². The van der Waals surface area contributed by atoms with Gasteiger partial charge in [0.25, 0.3) is 5.91 Å². The highest BCUT2D eigenvalue weighted by Crippen LogP contribution is 2.28. The van der Waals surface area contributed by atoms with Gasteiger partial charge in [0.2, 0.25) is 0 Å². The Morgan fingerprint density at radius 3 is 2.58 bits per heavy atom. The molecule has 0 unspecified atom stereocenters. The molecule has 1 aromatic rings. The summed E-state index contributed by atoms with van der Waals surface area (Å²) in [6.07, 6.45) is 1.81. The maximum absolute atomic E-state index is 11.7. The first-order chi connectivity index (χ1) is 9.10. The molecule has 0 heterocycles. The number of carbonyl (C=O) groups is 1. The molecule has 1 aromatic carbocycles. The lowest BCUT2D eigenvalue weighted by Gasteiger charge is -2.15. The van der Waals surface area contributed by atoms with E-state index in [1.54, 1.807) is 25.3 Å². The third-order valence-corrected chi connectivity index (χ3v) is 2.90. The smallest absolute Gasteiger partial charge is 0.258 e. The van der Waals surface area contributed by atoms with Gasteiger partial charge in [0.1, 0.15) is 0 Å². The molecule has 106 valence electrons. The Morgan fingerprint density at radius 2 is 2.00 bits per heavy atom. The molecule has 1 amide bonds. The molecular weight excluding hydrogens is 244 g/mol. The van der Waals surface area contributed by atoms with Crippen molar-refractivity contribution in [2.24, 2.45) is 0 Å². The van der Waals surface area contributed by atoms with E-state index in [2.05, 4.69) is 5.32 Å². The quantitative estimate of drug-likeness (QED) is 0.740. The fourth-order valence-corrected chi connectivity index (χ4v) is 1.71. The molecule has 0 aliphatic rings. The summed E-state index contributed by atoms with van der Waals surface area (Å²) in [7, 11) is 1.54. The highest BCUT2D eigenvalue weighted by molar-refractivity contribution is 5.78. The molecule has 0 aromatic heterocycles. The van der Waals surface area contributed by atoms with Crippen molar-refractivity contribution in [3.05, 3.63) is 18.2 Å². The van der Waals surface area contributed by atoms with Crippen LogP contribution < -0.4 is 20.5 Å². The largest absolute Gasteiger partial charge is 0.493 e. The lowest BCUT2D eigenvalue weighted by Crippen LogP contribution is -2.37. The summed E-state index contributed by atoms with van der Waals surface area (Å²) < 4.78 is 10.6. The number of nitrogens with two attached hydrogens (primary N) is 1. The summed E-state index contributed by atoms with van der Waals surface area (Å²) in [5.74, 6) is 0.893. The van der Waals surface area contributed by atoms with Crippen molar-refractivity contribution in [2.45, 2.75) is 32.7 Å². The molecule has 0 saturated carbocycles. The number of nitrogen functional groups attached to an aromatic ring is 1. The SMILES string of the molecule is CCC(CC)NC(=O)COc1cc(N)ccc1OC. The molecule has 0 bridgehead atoms. The zero-order valence-corrected chi connectivity index (χ0v) is 11.7. The van der Waals surface area contributed by atoms with Crippen LogP contribution in [0.5, 0.6) is 11.5 Å². The molecule has 3 N–H and O–H groups in total. The van der Waals surface area contributed by atoms with Crippen molar-refractivity contribution >= 4 is 11.6 Å². The number of ether oxygens (including phenoxy) is 2. The molecule has 19 heavy (non-hydrogen) atoms. The number of benzene rings is 1. The van der Waals surface area contributed by atoms with Gasteiger partial charge < -0.3 is 20.5 Å². The number of hydrogen-bond acceptors (Lipinski definition) is 4. The van der Waals surface area contributed by atoms with Crippen LogP contribution in [0.4, 0.5) is 5.69 Å². The molecule has 5 heteroatoms. The molecule has 0 radical (unpaired) electrons. The second-order valence-electron chi connectivity index (χ2n) is 4.28. The van der Waals surface area contributed by atoms with Crippen LogP contribution >= 0.6 is 0 Å². The summed E-state index contributed by atoms with van der Waals surface area (Å²) in [6.45, 7) is 4.03. The van der Waals surface area contributed by atoms with Crippen LogP contribution in [-0.4, -0.2) is 25.7 Å². The van der Waals surface area contributed by atoms with Gasteiger partial charge in [-0.1, -0.05) is 13.8 Å². The van der Waals surface area contributed by atoms with E-state index in [9.17, 15) is 4.79 Å². The fourth-order valence-electron chi connectivity index (χ4n) is 1.71. The first-order valence-corrected chi connectivity index (χ1v) is 6.46. The number of carbonyl (C=O) groups excluding carboxylic acids is 1. The Kier molecular flexibility index (Phi) is 5.99. The van der Waals surface area contributed by atoms with Crippen LogP contribution in [0.2, 0.25) is 0 Å². The third kappa shape index (κ3) is 4.69. The zero-order chi connectivity index (χ0) is 14.3. The van der Waals surface area contributed by atoms with Crippen LogP contribution in [0.15, 0.2) is 18.2 Å². The van der Waals surface area contributed by atoms with Crippen molar-refractivity contribution in [3.8, 4) is 11.5 Å². The summed E-state index contributed by atoms with van der Waals surface area (Å²) in [5.41, 5.74) is 6.24. The van der Waals surface area contributed by atoms with Crippen LogP contribution in [0, 0.1) is 0 Å². The molecule has 1 rings (SSSR count). The molecule has 0 spiro atoms. The maximum atomic E-state index is 11.7. The van der Waals surface area contributed by atoms with Gasteiger partial charge in [0.15, 0.2) is 18.1 Å². The molecule has 0 fully saturated rings. The summed E-state index contributed by atoms with van der Waals surface area (Å²) in [6, 6.07) is 5.27. The van der Waals surface area contributed by atoms with E-state index in [1.165, 1.54) is 0 Å². The van der Waals surface area contributed by atoms with Gasteiger partial charge in [-0.25, -0.2) is 0 Å². The zero-order valence-electron chi connectivity index (χ0n) is 11.7. The molecular formula is C14H22N2O3. The number of hydrogen-bond donors (Lipinski definition) is 2. The second-order valence-corrected chi connectivity index (χ2v) is 4.28. The summed E-state index contributed by atoms with van der Waals surface area (Å²) in [4.78, 5) is 11.7. The highest BCUT2D eigenvalue weighted by atomic mass is 16.5. The molecule has 5 nitrogen and oxygen atoms in total. The Hall–Kier alpha value is -1.91. The minimum Gasteiger partial charge on any atom is -0.493 e. The van der Waals surface area contributed by atoms with Gasteiger partial charge in [0.05, 0.1) is 7.11 Å². The molecule has 0 aliphatic carbocycles. The predicted molar refractivity (Wildman–Crippen MR) is 75.4 cm³/mol. The number of anilines is 1. The minimum atomic E-state index is -0.141. The standard InChI is InChI=1S/C14H22N2O3/c1-4-11(5-2)16-14(17)9-19-13-8-10(15)6-7-12(13)18-3/h6-8,11H,4-5,9,15H2,1-3H3,(H,16,17). The van der Waals surface area contributed by atoms with E-state index < -0.39 is 0 Å². The first-order valence-electron chi connectivity index (χ1n) is 6.46. The van der Waals surface area contributed by atoms with E-state index in [4.69, 9.17) is 15.2 Å². The van der Waals surface area contributed by atoms with Gasteiger partial charge in [-0.05, 0) is 25.0 Å². The Balaban J connectivity index is 2.56. The molecule has 0 atom stereocenters. The Labute approximate surface area is 114 Å². The second kappa shape index (κ2) is 7.51. The monoisotopic (exact) mass is 266 g/mol. The van der Waals surface area contributed by atoms with E-state index in [-0.39, 0.29) is 18.6 Å². The van der Waals surface area contributed by atoms with Crippen LogP contribution in [0.25, 0.3) is 0 Å². The lowest BCUT2D eigenvalue weighted by molar-refractivity contribution is -0.123. The van der Waals surface area contributed by atoms with Crippen LogP contribution in [0.3, 0.4) is 0 Å². The Morgan fingerprint density at radius 1 is 1.32 bits per heavy atom. The average Bonchev–Trinajstić information content (AvgIpc) is 2.42. The van der Waals surface area contributed by atoms with Gasteiger partial charge in [-0.15, -0.1) is 0 Å². The number of methoxy groups -OCH3 is 1. The molecule has 0 saturated heterocycles. The lowest BCUT2D eigenvalue weighted by atomic mass is 10.2. The van der Waals surface area contributed by atoms with Crippen molar-refractivity contribution in [3.63, 3.8) is 0 Å². The van der Waals surface area contributed by atoms with E-state index in [0.717, 1.165) is 12.8 Å². The highest BCUT2D eigenvalue weighted by Gasteiger charge is 2.11. The van der Waals surface area contributed by atoms with Crippen molar-refractivity contribution < 1.29 is 14.3 Å². The first kappa shape index (κ1) is 15.1. The number of amides is 1. The normalized spacial score (nSPS) is 10.3. The maximum Gasteiger partial charge on any atom is 0.258 e. The molecule has 0 aliphatic heterocycles.